The molecule has 2 fully saturated rings. The number of hydrogen-bond acceptors (Lipinski definition) is 3. The van der Waals surface area contributed by atoms with Gasteiger partial charge >= 0.3 is 0 Å². The summed E-state index contributed by atoms with van der Waals surface area (Å²) in [5.41, 5.74) is 6.04. The van der Waals surface area contributed by atoms with Gasteiger partial charge in [0.25, 0.3) is 5.91 Å². The number of ether oxygens (including phenoxy) is 1. The minimum Gasteiger partial charge on any atom is -0.484 e. The molecular weight excluding hydrogens is 316 g/mol. The van der Waals surface area contributed by atoms with Crippen LogP contribution in [0.25, 0.3) is 0 Å². The zero-order valence-electron chi connectivity index (χ0n) is 14.9. The predicted molar refractivity (Wildman–Crippen MR) is 96.1 cm³/mol. The molecule has 1 aromatic rings. The van der Waals surface area contributed by atoms with Crippen molar-refractivity contribution in [1.29, 1.82) is 0 Å². The van der Waals surface area contributed by atoms with Gasteiger partial charge < -0.3 is 15.4 Å². The second-order valence-corrected chi connectivity index (χ2v) is 7.46. The van der Waals surface area contributed by atoms with Crippen molar-refractivity contribution in [2.45, 2.75) is 51.5 Å². The molecule has 2 aliphatic rings. The van der Waals surface area contributed by atoms with Crippen molar-refractivity contribution in [2.75, 3.05) is 13.2 Å². The van der Waals surface area contributed by atoms with Crippen molar-refractivity contribution in [2.24, 2.45) is 17.6 Å². The molecule has 1 saturated heterocycles. The summed E-state index contributed by atoms with van der Waals surface area (Å²) in [7, 11) is 0. The normalized spacial score (nSPS) is 26.0. The summed E-state index contributed by atoms with van der Waals surface area (Å²) < 4.78 is 5.69. The summed E-state index contributed by atoms with van der Waals surface area (Å²) in [6, 6.07) is 7.58. The Kier molecular flexibility index (Phi) is 5.61. The molecule has 0 spiro atoms. The first-order valence-corrected chi connectivity index (χ1v) is 9.34. The molecule has 3 rings (SSSR count). The minimum absolute atomic E-state index is 0.0745. The van der Waals surface area contributed by atoms with E-state index in [0.717, 1.165) is 18.5 Å². The zero-order valence-corrected chi connectivity index (χ0v) is 14.9. The first-order chi connectivity index (χ1) is 12.0. The maximum Gasteiger partial charge on any atom is 0.260 e. The van der Waals surface area contributed by atoms with Gasteiger partial charge in [-0.3, -0.25) is 9.59 Å². The van der Waals surface area contributed by atoms with Gasteiger partial charge in [0.1, 0.15) is 5.75 Å². The molecule has 1 aromatic carbocycles. The van der Waals surface area contributed by atoms with E-state index in [1.165, 1.54) is 25.7 Å². The number of nitrogens with two attached hydrogens (primary N) is 1. The zero-order chi connectivity index (χ0) is 17.8. The van der Waals surface area contributed by atoms with Crippen LogP contribution in [-0.2, 0) is 16.0 Å². The van der Waals surface area contributed by atoms with Crippen LogP contribution in [0.5, 0.6) is 5.75 Å². The smallest absolute Gasteiger partial charge is 0.260 e. The predicted octanol–water partition coefficient (Wildman–Crippen LogP) is 2.52. The van der Waals surface area contributed by atoms with E-state index < -0.39 is 0 Å². The fourth-order valence-corrected chi connectivity index (χ4v) is 4.48. The number of fused-ring (bicyclic) bond motifs is 1. The largest absolute Gasteiger partial charge is 0.484 e. The molecular formula is C20H28N2O3. The average Bonchev–Trinajstić information content (AvgIpc) is 2.60. The number of likely N-dealkylation sites (tertiary alicyclic amines) is 1. The SMILES string of the molecule is C[C@@H]1CCC[C@H]2CCCN(C(=O)COc3ccc(CC(N)=O)cc3)[C@H]21. The van der Waals surface area contributed by atoms with E-state index >= 15 is 0 Å². The lowest BCUT2D eigenvalue weighted by atomic mass is 9.73. The molecule has 1 aliphatic carbocycles. The van der Waals surface area contributed by atoms with Crippen LogP contribution in [0.1, 0.15) is 44.6 Å². The van der Waals surface area contributed by atoms with Crippen molar-refractivity contribution < 1.29 is 14.3 Å². The molecule has 0 bridgehead atoms. The van der Waals surface area contributed by atoms with Crippen LogP contribution in [0.4, 0.5) is 0 Å². The van der Waals surface area contributed by atoms with E-state index in [1.807, 2.05) is 12.1 Å². The van der Waals surface area contributed by atoms with E-state index in [4.69, 9.17) is 10.5 Å². The Morgan fingerprint density at radius 1 is 1.16 bits per heavy atom. The summed E-state index contributed by atoms with van der Waals surface area (Å²) in [6.45, 7) is 3.21. The third kappa shape index (κ3) is 4.33. The monoisotopic (exact) mass is 344 g/mol. The molecule has 1 heterocycles. The molecule has 0 radical (unpaired) electrons. The van der Waals surface area contributed by atoms with Crippen molar-refractivity contribution in [3.8, 4) is 5.75 Å². The highest BCUT2D eigenvalue weighted by Crippen LogP contribution is 2.38. The first kappa shape index (κ1) is 17.8. The number of rotatable bonds is 5. The van der Waals surface area contributed by atoms with Crippen LogP contribution in [0.15, 0.2) is 24.3 Å². The number of nitrogens with zero attached hydrogens (tertiary/aromatic N) is 1. The molecule has 1 saturated carbocycles. The second kappa shape index (κ2) is 7.89. The molecule has 0 aromatic heterocycles. The Morgan fingerprint density at radius 3 is 2.60 bits per heavy atom. The summed E-state index contributed by atoms with van der Waals surface area (Å²) in [6.07, 6.45) is 6.32. The summed E-state index contributed by atoms with van der Waals surface area (Å²) in [5.74, 6) is 1.62. The van der Waals surface area contributed by atoms with Gasteiger partial charge in [-0.05, 0) is 55.2 Å². The Balaban J connectivity index is 1.57. The van der Waals surface area contributed by atoms with Crippen LogP contribution in [0, 0.1) is 11.8 Å². The second-order valence-electron chi connectivity index (χ2n) is 7.46. The van der Waals surface area contributed by atoms with Crippen LogP contribution in [-0.4, -0.2) is 35.9 Å². The molecule has 0 unspecified atom stereocenters. The Hall–Kier alpha value is -2.04. The van der Waals surface area contributed by atoms with Gasteiger partial charge in [0.2, 0.25) is 5.91 Å². The van der Waals surface area contributed by atoms with E-state index in [-0.39, 0.29) is 24.8 Å². The van der Waals surface area contributed by atoms with Gasteiger partial charge in [-0.15, -0.1) is 0 Å². The minimum atomic E-state index is -0.356. The van der Waals surface area contributed by atoms with Crippen molar-refractivity contribution in [1.82, 2.24) is 4.90 Å². The maximum atomic E-state index is 12.7. The van der Waals surface area contributed by atoms with Gasteiger partial charge in [-0.2, -0.15) is 0 Å². The molecule has 2 amide bonds. The molecule has 2 N–H and O–H groups in total. The molecule has 136 valence electrons. The van der Waals surface area contributed by atoms with Crippen LogP contribution in [0.3, 0.4) is 0 Å². The highest BCUT2D eigenvalue weighted by atomic mass is 16.5. The van der Waals surface area contributed by atoms with E-state index in [1.54, 1.807) is 12.1 Å². The average molecular weight is 344 g/mol. The molecule has 25 heavy (non-hydrogen) atoms. The van der Waals surface area contributed by atoms with Crippen LogP contribution >= 0.6 is 0 Å². The summed E-state index contributed by atoms with van der Waals surface area (Å²) >= 11 is 0. The fraction of sp³-hybridized carbons (Fsp3) is 0.600. The first-order valence-electron chi connectivity index (χ1n) is 9.34. The third-order valence-corrected chi connectivity index (χ3v) is 5.62. The Labute approximate surface area is 149 Å². The Bertz CT molecular complexity index is 612. The lowest BCUT2D eigenvalue weighted by molar-refractivity contribution is -0.141. The maximum absolute atomic E-state index is 12.7. The molecule has 5 heteroatoms. The van der Waals surface area contributed by atoms with Gasteiger partial charge in [-0.1, -0.05) is 25.5 Å². The van der Waals surface area contributed by atoms with Crippen molar-refractivity contribution in [3.05, 3.63) is 29.8 Å². The molecule has 1 aliphatic heterocycles. The number of hydrogen-bond donors (Lipinski definition) is 1. The third-order valence-electron chi connectivity index (χ3n) is 5.62. The number of primary amides is 1. The number of carbonyl (C=O) groups excluding carboxylic acids is 2. The van der Waals surface area contributed by atoms with Crippen molar-refractivity contribution >= 4 is 11.8 Å². The summed E-state index contributed by atoms with van der Waals surface area (Å²) in [4.78, 5) is 25.7. The van der Waals surface area contributed by atoms with Gasteiger partial charge in [-0.25, -0.2) is 0 Å². The van der Waals surface area contributed by atoms with Crippen LogP contribution < -0.4 is 10.5 Å². The van der Waals surface area contributed by atoms with Gasteiger partial charge in [0.05, 0.1) is 6.42 Å². The number of carbonyl (C=O) groups is 2. The topological polar surface area (TPSA) is 72.6 Å². The lowest BCUT2D eigenvalue weighted by Gasteiger charge is -2.47. The number of piperidine rings is 1. The standard InChI is InChI=1S/C20H28N2O3/c1-14-4-2-5-16-6-3-11-22(20(14)16)19(24)13-25-17-9-7-15(8-10-17)12-18(21)23/h7-10,14,16,20H,2-6,11-13H2,1H3,(H2,21,23)/t14-,16+,20+/m1/s1. The molecule has 5 nitrogen and oxygen atoms in total. The quantitative estimate of drug-likeness (QED) is 0.892. The summed E-state index contributed by atoms with van der Waals surface area (Å²) in [5, 5.41) is 0. The van der Waals surface area contributed by atoms with E-state index in [0.29, 0.717) is 23.6 Å². The highest BCUT2D eigenvalue weighted by Gasteiger charge is 2.39. The van der Waals surface area contributed by atoms with Gasteiger partial charge in [0, 0.05) is 12.6 Å². The lowest BCUT2D eigenvalue weighted by Crippen LogP contribution is -2.54. The van der Waals surface area contributed by atoms with Gasteiger partial charge in [0.15, 0.2) is 6.61 Å². The van der Waals surface area contributed by atoms with E-state index in [9.17, 15) is 9.59 Å². The number of amides is 2. The van der Waals surface area contributed by atoms with E-state index in [2.05, 4.69) is 11.8 Å². The van der Waals surface area contributed by atoms with Crippen LogP contribution in [0.2, 0.25) is 0 Å². The Morgan fingerprint density at radius 2 is 1.88 bits per heavy atom. The number of benzene rings is 1. The molecule has 3 atom stereocenters. The highest BCUT2D eigenvalue weighted by molar-refractivity contribution is 5.78. The fourth-order valence-electron chi connectivity index (χ4n) is 4.48. The van der Waals surface area contributed by atoms with Crippen molar-refractivity contribution in [3.63, 3.8) is 0 Å².